The molecule has 0 unspecified atom stereocenters. The number of rotatable bonds is 19. The number of sulfone groups is 1. The van der Waals surface area contributed by atoms with Crippen molar-refractivity contribution in [3.63, 3.8) is 0 Å². The Morgan fingerprint density at radius 3 is 2.32 bits per heavy atom. The van der Waals surface area contributed by atoms with E-state index in [0.29, 0.717) is 31.0 Å². The summed E-state index contributed by atoms with van der Waals surface area (Å²) in [6.45, 7) is 5.11. The molecule has 0 saturated carbocycles. The molecule has 0 fully saturated rings. The van der Waals surface area contributed by atoms with E-state index in [1.54, 1.807) is 36.0 Å². The van der Waals surface area contributed by atoms with E-state index in [2.05, 4.69) is 48.7 Å². The van der Waals surface area contributed by atoms with Crippen LogP contribution in [-0.2, 0) is 41.3 Å². The zero-order valence-corrected chi connectivity index (χ0v) is 30.3. The zero-order chi connectivity index (χ0) is 34.4. The smallest absolute Gasteiger partial charge is 0.328 e. The maximum atomic E-state index is 13.4. The molecule has 0 aliphatic heterocycles. The zero-order valence-electron chi connectivity index (χ0n) is 27.9. The molecule has 0 spiro atoms. The van der Waals surface area contributed by atoms with Gasteiger partial charge in [0, 0.05) is 31.1 Å². The van der Waals surface area contributed by atoms with Crippen LogP contribution in [0.25, 0.3) is 10.8 Å². The van der Waals surface area contributed by atoms with Gasteiger partial charge in [-0.25, -0.2) is 13.2 Å². The highest BCUT2D eigenvalue weighted by Gasteiger charge is 2.26. The van der Waals surface area contributed by atoms with E-state index in [1.165, 1.54) is 25.1 Å². The number of hydrogen-bond donors (Lipinski definition) is 2. The second kappa shape index (κ2) is 19.1. The number of carbonyl (C=O) groups is 3. The predicted molar refractivity (Wildman–Crippen MR) is 193 cm³/mol. The van der Waals surface area contributed by atoms with Gasteiger partial charge in [0.15, 0.2) is 9.84 Å². The summed E-state index contributed by atoms with van der Waals surface area (Å²) in [7, 11) is -1.94. The molecule has 0 heterocycles. The fourth-order valence-electron chi connectivity index (χ4n) is 5.20. The average Bonchev–Trinajstić information content (AvgIpc) is 3.05. The first-order valence-corrected chi connectivity index (χ1v) is 20.1. The number of benzene rings is 3. The lowest BCUT2D eigenvalue weighted by Gasteiger charge is -2.31. The summed E-state index contributed by atoms with van der Waals surface area (Å²) in [5.74, 6) is 0.777. The first kappa shape index (κ1) is 38.4. The molecule has 2 amide bonds. The van der Waals surface area contributed by atoms with E-state index in [0.717, 1.165) is 28.3 Å². The molecule has 0 aromatic heterocycles. The third-order valence-corrected chi connectivity index (χ3v) is 10.8. The highest BCUT2D eigenvalue weighted by atomic mass is 32.2. The van der Waals surface area contributed by atoms with E-state index in [9.17, 15) is 22.8 Å². The van der Waals surface area contributed by atoms with Gasteiger partial charge >= 0.3 is 5.97 Å². The van der Waals surface area contributed by atoms with Crippen molar-refractivity contribution in [3.8, 4) is 0 Å². The van der Waals surface area contributed by atoms with Crippen molar-refractivity contribution in [2.24, 2.45) is 5.92 Å². The summed E-state index contributed by atoms with van der Waals surface area (Å²) in [6.07, 6.45) is 4.42. The largest absolute Gasteiger partial charge is 0.467 e. The second-order valence-electron chi connectivity index (χ2n) is 11.7. The van der Waals surface area contributed by atoms with Crippen LogP contribution < -0.4 is 10.6 Å². The summed E-state index contributed by atoms with van der Waals surface area (Å²) in [4.78, 5) is 41.3. The lowest BCUT2D eigenvalue weighted by atomic mass is 9.97. The van der Waals surface area contributed by atoms with Crippen LogP contribution in [-0.4, -0.2) is 87.4 Å². The van der Waals surface area contributed by atoms with E-state index >= 15 is 0 Å². The number of fused-ring (bicyclic) bond motifs is 1. The Hall–Kier alpha value is -3.06. The monoisotopic (exact) mass is 701 g/mol. The Balaban J connectivity index is 1.74. The van der Waals surface area contributed by atoms with Crippen molar-refractivity contribution in [1.82, 2.24) is 15.5 Å². The predicted octanol–water partition coefficient (Wildman–Crippen LogP) is 4.92. The van der Waals surface area contributed by atoms with Crippen LogP contribution in [0.4, 0.5) is 0 Å². The van der Waals surface area contributed by atoms with Gasteiger partial charge in [-0.15, -0.1) is 11.8 Å². The summed E-state index contributed by atoms with van der Waals surface area (Å²) in [5, 5.41) is 8.29. The quantitative estimate of drug-likeness (QED) is 0.168. The van der Waals surface area contributed by atoms with Crippen LogP contribution in [0, 0.1) is 5.92 Å². The van der Waals surface area contributed by atoms with Crippen molar-refractivity contribution in [3.05, 3.63) is 77.9 Å². The van der Waals surface area contributed by atoms with Crippen molar-refractivity contribution in [2.45, 2.75) is 56.0 Å². The third-order valence-electron chi connectivity index (χ3n) is 8.06. The summed E-state index contributed by atoms with van der Waals surface area (Å²) in [5.41, 5.74) is 2.00. The molecule has 3 aromatic carbocycles. The van der Waals surface area contributed by atoms with Crippen molar-refractivity contribution in [1.29, 1.82) is 0 Å². The molecular weight excluding hydrogens is 655 g/mol. The molecule has 0 aliphatic rings. The number of carbonyl (C=O) groups excluding carboxylic acids is 3. The normalized spacial score (nSPS) is 13.6. The second-order valence-corrected chi connectivity index (χ2v) is 15.7. The fourth-order valence-corrected chi connectivity index (χ4v) is 7.10. The Morgan fingerprint density at radius 2 is 1.66 bits per heavy atom. The van der Waals surface area contributed by atoms with Gasteiger partial charge in [-0.05, 0) is 58.4 Å². The third kappa shape index (κ3) is 12.5. The van der Waals surface area contributed by atoms with Gasteiger partial charge in [0.25, 0.3) is 0 Å². The molecular formula is C35H47N3O6S3. The van der Waals surface area contributed by atoms with Gasteiger partial charge in [-0.2, -0.15) is 11.8 Å². The van der Waals surface area contributed by atoms with Gasteiger partial charge in [-0.1, -0.05) is 74.9 Å². The number of esters is 1. The minimum atomic E-state index is -3.26. The van der Waals surface area contributed by atoms with Crippen LogP contribution >= 0.6 is 23.5 Å². The van der Waals surface area contributed by atoms with Gasteiger partial charge in [0.1, 0.15) is 6.04 Å². The van der Waals surface area contributed by atoms with Gasteiger partial charge in [0.2, 0.25) is 11.8 Å². The Labute approximate surface area is 287 Å². The highest BCUT2D eigenvalue weighted by molar-refractivity contribution is 7.99. The van der Waals surface area contributed by atoms with E-state index in [4.69, 9.17) is 4.74 Å². The molecule has 0 radical (unpaired) electrons. The lowest BCUT2D eigenvalue weighted by molar-refractivity contribution is -0.145. The Morgan fingerprint density at radius 1 is 0.957 bits per heavy atom. The fraction of sp³-hybridized carbons (Fsp3) is 0.457. The van der Waals surface area contributed by atoms with Crippen LogP contribution in [0.3, 0.4) is 0 Å². The SMILES string of the molecule is CC[C@H](C)[C@@H](CN(CC(=O)N[C@@H](CCSC)C(=O)OC)Cc1cccc2ccccc12)NC(=O)CSCc1ccc(S(C)(=O)=O)cc1. The number of nitrogens with one attached hydrogen (secondary N) is 2. The maximum Gasteiger partial charge on any atom is 0.328 e. The van der Waals surface area contributed by atoms with Crippen LogP contribution in [0.1, 0.15) is 37.8 Å². The summed E-state index contributed by atoms with van der Waals surface area (Å²) < 4.78 is 28.4. The summed E-state index contributed by atoms with van der Waals surface area (Å²) in [6, 6.07) is 20.0. The molecule has 2 N–H and O–H groups in total. The Bertz CT molecular complexity index is 1580. The minimum Gasteiger partial charge on any atom is -0.467 e. The summed E-state index contributed by atoms with van der Waals surface area (Å²) >= 11 is 3.05. The highest BCUT2D eigenvalue weighted by Crippen LogP contribution is 2.21. The van der Waals surface area contributed by atoms with Gasteiger partial charge in [0.05, 0.1) is 24.3 Å². The lowest BCUT2D eigenvalue weighted by Crippen LogP contribution is -2.51. The number of ether oxygens (including phenoxy) is 1. The van der Waals surface area contributed by atoms with Crippen molar-refractivity contribution < 1.29 is 27.5 Å². The molecule has 0 bridgehead atoms. The number of nitrogens with zero attached hydrogens (tertiary/aromatic N) is 1. The molecule has 47 heavy (non-hydrogen) atoms. The maximum absolute atomic E-state index is 13.4. The first-order valence-electron chi connectivity index (χ1n) is 15.7. The molecule has 3 atom stereocenters. The standard InChI is InChI=1S/C35H47N3O6S3/c1-6-25(2)32(37-34(40)24-46-23-26-14-16-29(17-15-26)47(5,42)43)21-38(20-28-12-9-11-27-10-7-8-13-30(27)28)22-33(39)36-31(18-19-45-4)35(41)44-3/h7-17,25,31-32H,6,18-24H2,1-5H3,(H,36,39)(H,37,40)/t25-,31-,32+/m0/s1. The van der Waals surface area contributed by atoms with Crippen molar-refractivity contribution >= 4 is 61.9 Å². The van der Waals surface area contributed by atoms with Gasteiger partial charge in [-0.3, -0.25) is 14.5 Å². The van der Waals surface area contributed by atoms with Crippen molar-refractivity contribution in [2.75, 3.05) is 44.2 Å². The number of hydrogen-bond acceptors (Lipinski definition) is 9. The molecule has 0 saturated heterocycles. The van der Waals surface area contributed by atoms with Gasteiger partial charge < -0.3 is 15.4 Å². The van der Waals surface area contributed by atoms with Crippen LogP contribution in [0.15, 0.2) is 71.6 Å². The van der Waals surface area contributed by atoms with Crippen LogP contribution in [0.5, 0.6) is 0 Å². The first-order chi connectivity index (χ1) is 22.4. The number of methoxy groups -OCH3 is 1. The number of thioether (sulfide) groups is 2. The minimum absolute atomic E-state index is 0.0387. The molecule has 3 rings (SSSR count). The molecule has 256 valence electrons. The molecule has 0 aliphatic carbocycles. The average molecular weight is 702 g/mol. The van der Waals surface area contributed by atoms with Crippen LogP contribution in [0.2, 0.25) is 0 Å². The van der Waals surface area contributed by atoms with E-state index in [1.807, 2.05) is 29.4 Å². The van der Waals surface area contributed by atoms with E-state index in [-0.39, 0.29) is 41.0 Å². The Kier molecular flexibility index (Phi) is 15.6. The molecule has 9 nitrogen and oxygen atoms in total. The molecule has 12 heteroatoms. The number of amides is 2. The topological polar surface area (TPSA) is 122 Å². The van der Waals surface area contributed by atoms with E-state index < -0.39 is 21.8 Å². The molecule has 3 aromatic rings.